The number of benzene rings is 3. The van der Waals surface area contributed by atoms with Gasteiger partial charge in [-0.2, -0.15) is 0 Å². The summed E-state index contributed by atoms with van der Waals surface area (Å²) in [6.45, 7) is 5.48. The summed E-state index contributed by atoms with van der Waals surface area (Å²) in [5.41, 5.74) is 6.67. The van der Waals surface area contributed by atoms with Crippen molar-refractivity contribution in [3.63, 3.8) is 0 Å². The fourth-order valence-electron chi connectivity index (χ4n) is 4.29. The summed E-state index contributed by atoms with van der Waals surface area (Å²) >= 11 is 7.19. The lowest BCUT2D eigenvalue weighted by molar-refractivity contribution is 0.575. The molecule has 0 fully saturated rings. The van der Waals surface area contributed by atoms with E-state index in [0.29, 0.717) is 0 Å². The van der Waals surface area contributed by atoms with Gasteiger partial charge in [-0.25, -0.2) is 0 Å². The van der Waals surface area contributed by atoms with Crippen molar-refractivity contribution in [1.82, 2.24) is 0 Å². The number of allylic oxidation sites excluding steroid dienone is 1. The van der Waals surface area contributed by atoms with Crippen LogP contribution in [0.25, 0.3) is 0 Å². The number of hydrogen-bond acceptors (Lipinski definition) is 2. The molecule has 3 aromatic rings. The lowest BCUT2D eigenvalue weighted by Crippen LogP contribution is -2.47. The quantitative estimate of drug-likeness (QED) is 0.330. The third kappa shape index (κ3) is 4.21. The summed E-state index contributed by atoms with van der Waals surface area (Å²) < 4.78 is 2.20. The second-order valence-electron chi connectivity index (χ2n) is 7.49. The zero-order valence-electron chi connectivity index (χ0n) is 17.4. The third-order valence-electron chi connectivity index (χ3n) is 5.72. The van der Waals surface area contributed by atoms with Gasteiger partial charge in [-0.1, -0.05) is 76.0 Å². The zero-order valence-corrected chi connectivity index (χ0v) is 20.5. The van der Waals surface area contributed by atoms with Gasteiger partial charge in [0, 0.05) is 32.6 Å². The first-order valence-corrected chi connectivity index (χ1v) is 12.0. The van der Waals surface area contributed by atoms with Crippen molar-refractivity contribution in [3.05, 3.63) is 105 Å². The topological polar surface area (TPSA) is 6.48 Å². The van der Waals surface area contributed by atoms with Gasteiger partial charge in [0.15, 0.2) is 0 Å². The minimum atomic E-state index is 0.0961. The molecule has 0 radical (unpaired) electrons. The summed E-state index contributed by atoms with van der Waals surface area (Å²) in [6, 6.07) is 28.2. The Morgan fingerprint density at radius 1 is 0.733 bits per heavy atom. The summed E-state index contributed by atoms with van der Waals surface area (Å²) in [6.07, 6.45) is 2.15. The van der Waals surface area contributed by atoms with Crippen LogP contribution < -0.4 is 9.80 Å². The normalized spacial score (nSPS) is 16.9. The molecule has 0 bridgehead atoms. The van der Waals surface area contributed by atoms with Gasteiger partial charge in [-0.3, -0.25) is 0 Å². The molecule has 0 saturated heterocycles. The highest BCUT2D eigenvalue weighted by atomic mass is 79.9. The van der Waals surface area contributed by atoms with Gasteiger partial charge in [0.2, 0.25) is 0 Å². The van der Waals surface area contributed by atoms with Gasteiger partial charge < -0.3 is 9.80 Å². The van der Waals surface area contributed by atoms with E-state index in [2.05, 4.69) is 134 Å². The Morgan fingerprint density at radius 2 is 1.30 bits per heavy atom. The summed E-state index contributed by atoms with van der Waals surface area (Å²) in [7, 11) is 0. The van der Waals surface area contributed by atoms with Crippen LogP contribution in [0.4, 0.5) is 11.4 Å². The van der Waals surface area contributed by atoms with Crippen molar-refractivity contribution in [2.75, 3.05) is 16.3 Å². The largest absolute Gasteiger partial charge is 0.343 e. The molecule has 0 spiro atoms. The Bertz CT molecular complexity index is 1010. The molecular weight excluding hydrogens is 500 g/mol. The molecule has 4 rings (SSSR count). The van der Waals surface area contributed by atoms with Crippen LogP contribution in [0.5, 0.6) is 0 Å². The highest BCUT2D eigenvalue weighted by Gasteiger charge is 2.35. The lowest BCUT2D eigenvalue weighted by Gasteiger charge is -2.48. The van der Waals surface area contributed by atoms with Crippen LogP contribution in [0.2, 0.25) is 0 Å². The lowest BCUT2D eigenvalue weighted by atomic mass is 9.97. The summed E-state index contributed by atoms with van der Waals surface area (Å²) in [5, 5.41) is 0. The van der Waals surface area contributed by atoms with E-state index in [0.717, 1.165) is 28.3 Å². The molecule has 1 heterocycles. The first kappa shape index (κ1) is 21.2. The molecule has 0 N–H and O–H groups in total. The van der Waals surface area contributed by atoms with E-state index < -0.39 is 0 Å². The van der Waals surface area contributed by atoms with E-state index in [1.165, 1.54) is 28.2 Å². The number of halogens is 2. The van der Waals surface area contributed by atoms with Crippen molar-refractivity contribution in [1.29, 1.82) is 0 Å². The number of rotatable bonds is 5. The van der Waals surface area contributed by atoms with Crippen LogP contribution in [0.15, 0.2) is 99.1 Å². The Labute approximate surface area is 196 Å². The first-order valence-electron chi connectivity index (χ1n) is 10.4. The Hall–Kier alpha value is -2.04. The molecule has 0 amide bonds. The number of hydrogen-bond donors (Lipinski definition) is 0. The van der Waals surface area contributed by atoms with Crippen LogP contribution in [-0.2, 0) is 0 Å². The molecular formula is C26H26Br2N2. The van der Waals surface area contributed by atoms with Gasteiger partial charge in [-0.15, -0.1) is 0 Å². The monoisotopic (exact) mass is 524 g/mol. The Kier molecular flexibility index (Phi) is 6.64. The zero-order chi connectivity index (χ0) is 21.1. The second-order valence-corrected chi connectivity index (χ2v) is 9.32. The average molecular weight is 526 g/mol. The predicted octanol–water partition coefficient (Wildman–Crippen LogP) is 8.31. The fourth-order valence-corrected chi connectivity index (χ4v) is 4.82. The van der Waals surface area contributed by atoms with E-state index in [9.17, 15) is 0 Å². The van der Waals surface area contributed by atoms with Gasteiger partial charge in [0.25, 0.3) is 0 Å². The van der Waals surface area contributed by atoms with Crippen molar-refractivity contribution >= 4 is 43.2 Å². The molecule has 1 aliphatic rings. The van der Waals surface area contributed by atoms with E-state index in [-0.39, 0.29) is 6.17 Å². The van der Waals surface area contributed by atoms with Gasteiger partial charge >= 0.3 is 0 Å². The van der Waals surface area contributed by atoms with Crippen molar-refractivity contribution in [3.8, 4) is 0 Å². The molecule has 1 unspecified atom stereocenters. The van der Waals surface area contributed by atoms with Crippen LogP contribution in [0.3, 0.4) is 0 Å². The van der Waals surface area contributed by atoms with Gasteiger partial charge in [0.05, 0.1) is 0 Å². The van der Waals surface area contributed by atoms with Crippen molar-refractivity contribution in [2.45, 2.75) is 32.9 Å². The average Bonchev–Trinajstić information content (AvgIpc) is 2.79. The molecule has 0 aromatic heterocycles. The minimum absolute atomic E-state index is 0.0961. The van der Waals surface area contributed by atoms with Crippen LogP contribution in [-0.4, -0.2) is 6.54 Å². The summed E-state index contributed by atoms with van der Waals surface area (Å²) in [4.78, 5) is 5.06. The van der Waals surface area contributed by atoms with E-state index in [1.807, 2.05) is 0 Å². The number of nitrogens with zero attached hydrogens (tertiary/aromatic N) is 2. The standard InChI is InChI=1S/C26H26Br2N2/c1-3-19-18-29(23-14-10-21(27)11-15-23)26(20-8-6-5-7-9-20)30(25(19)4-2)24-16-12-22(28)13-17-24/h5-17,26H,3-4,18H2,1-2H3. The molecule has 0 aliphatic carbocycles. The molecule has 3 aromatic carbocycles. The SMILES string of the molecule is CCC1=C(CC)N(c2ccc(Br)cc2)C(c2ccccc2)N(c2ccc(Br)cc2)C1. The molecule has 1 aliphatic heterocycles. The van der Waals surface area contributed by atoms with E-state index in [1.54, 1.807) is 0 Å². The molecule has 0 saturated carbocycles. The Morgan fingerprint density at radius 3 is 1.83 bits per heavy atom. The maximum absolute atomic E-state index is 3.60. The molecule has 4 heteroatoms. The van der Waals surface area contributed by atoms with Crippen LogP contribution in [0, 0.1) is 0 Å². The smallest absolute Gasteiger partial charge is 0.132 e. The molecule has 1 atom stereocenters. The first-order chi connectivity index (χ1) is 14.6. The Balaban J connectivity index is 1.93. The van der Waals surface area contributed by atoms with Gasteiger partial charge in [-0.05, 0) is 72.5 Å². The predicted molar refractivity (Wildman–Crippen MR) is 135 cm³/mol. The maximum atomic E-state index is 3.60. The number of anilines is 2. The van der Waals surface area contributed by atoms with E-state index >= 15 is 0 Å². The maximum Gasteiger partial charge on any atom is 0.132 e. The molecule has 154 valence electrons. The van der Waals surface area contributed by atoms with E-state index in [4.69, 9.17) is 0 Å². The molecule has 2 nitrogen and oxygen atoms in total. The third-order valence-corrected chi connectivity index (χ3v) is 6.78. The van der Waals surface area contributed by atoms with Crippen LogP contribution >= 0.6 is 31.9 Å². The molecule has 30 heavy (non-hydrogen) atoms. The minimum Gasteiger partial charge on any atom is -0.343 e. The summed E-state index contributed by atoms with van der Waals surface area (Å²) in [5.74, 6) is 0. The second kappa shape index (κ2) is 9.40. The van der Waals surface area contributed by atoms with Crippen LogP contribution in [0.1, 0.15) is 38.4 Å². The van der Waals surface area contributed by atoms with Gasteiger partial charge in [0.1, 0.15) is 6.17 Å². The highest BCUT2D eigenvalue weighted by molar-refractivity contribution is 9.10. The van der Waals surface area contributed by atoms with Crippen molar-refractivity contribution < 1.29 is 0 Å². The fraction of sp³-hybridized carbons (Fsp3) is 0.231. The van der Waals surface area contributed by atoms with Crippen molar-refractivity contribution in [2.24, 2.45) is 0 Å². The highest BCUT2D eigenvalue weighted by Crippen LogP contribution is 2.43.